The van der Waals surface area contributed by atoms with Crippen molar-refractivity contribution < 1.29 is 32.2 Å². The average molecular weight is 614 g/mol. The summed E-state index contributed by atoms with van der Waals surface area (Å²) in [6.07, 6.45) is -2.42. The zero-order chi connectivity index (χ0) is 31.8. The zero-order valence-corrected chi connectivity index (χ0v) is 25.5. The van der Waals surface area contributed by atoms with Crippen LogP contribution in [0.25, 0.3) is 5.69 Å². The fourth-order valence-electron chi connectivity index (χ4n) is 5.78. The van der Waals surface area contributed by atoms with E-state index >= 15 is 0 Å². The standard InChI is InChI=1S/C32H38F3N5O4/c1-20-15-23(13-14-39(20)30(42)44-31(3,4)5)27-18-40(37-36-27)26-11-9-22(10-12-26)29(41)38-17-21(2)43-28(19-38)24-7-6-8-25(16-24)32(33,34)35/h6-12,16,18,20-21,23,28H,13-15,17,19H2,1-5H3. The largest absolute Gasteiger partial charge is 0.444 e. The second-order valence-electron chi connectivity index (χ2n) is 12.6. The summed E-state index contributed by atoms with van der Waals surface area (Å²) in [6.45, 7) is 10.4. The van der Waals surface area contributed by atoms with Gasteiger partial charge in [-0.2, -0.15) is 13.2 Å². The van der Waals surface area contributed by atoms with E-state index < -0.39 is 23.4 Å². The van der Waals surface area contributed by atoms with Crippen LogP contribution in [0.15, 0.2) is 54.7 Å². The summed E-state index contributed by atoms with van der Waals surface area (Å²) in [5.74, 6) is -0.0833. The van der Waals surface area contributed by atoms with Gasteiger partial charge in [-0.15, -0.1) is 5.10 Å². The molecule has 2 saturated heterocycles. The molecule has 236 valence electrons. The number of carbonyl (C=O) groups is 2. The number of benzene rings is 2. The molecule has 0 bridgehead atoms. The number of ether oxygens (including phenoxy) is 2. The highest BCUT2D eigenvalue weighted by molar-refractivity contribution is 5.94. The van der Waals surface area contributed by atoms with E-state index in [4.69, 9.17) is 9.47 Å². The van der Waals surface area contributed by atoms with Crippen molar-refractivity contribution in [1.29, 1.82) is 0 Å². The Hall–Kier alpha value is -3.93. The van der Waals surface area contributed by atoms with Gasteiger partial charge in [0.2, 0.25) is 0 Å². The molecule has 0 N–H and O–H groups in total. The van der Waals surface area contributed by atoms with Crippen LogP contribution in [0.1, 0.15) is 86.7 Å². The molecule has 3 aromatic rings. The third-order valence-electron chi connectivity index (χ3n) is 7.95. The van der Waals surface area contributed by atoms with Crippen LogP contribution in [0.2, 0.25) is 0 Å². The van der Waals surface area contributed by atoms with E-state index in [1.807, 2.05) is 33.9 Å². The Morgan fingerprint density at radius 1 is 1.02 bits per heavy atom. The molecule has 9 nitrogen and oxygen atoms in total. The summed E-state index contributed by atoms with van der Waals surface area (Å²) in [6, 6.07) is 12.0. The SMILES string of the molecule is CC1CN(C(=O)c2ccc(-n3cc(C4CCN(C(=O)OC(C)(C)C)C(C)C4)nn3)cc2)CC(c2cccc(C(F)(F)F)c2)O1. The smallest absolute Gasteiger partial charge is 0.416 e. The minimum absolute atomic E-state index is 0.00451. The molecule has 0 aliphatic carbocycles. The second kappa shape index (κ2) is 12.2. The maximum atomic E-state index is 13.4. The lowest BCUT2D eigenvalue weighted by molar-refractivity contribution is -0.137. The summed E-state index contributed by atoms with van der Waals surface area (Å²) in [4.78, 5) is 29.4. The third kappa shape index (κ3) is 7.23. The summed E-state index contributed by atoms with van der Waals surface area (Å²) in [5.41, 5.74) is 1.11. The number of piperidine rings is 1. The number of rotatable bonds is 4. The minimum Gasteiger partial charge on any atom is -0.444 e. The molecule has 5 rings (SSSR count). The van der Waals surface area contributed by atoms with E-state index in [0.29, 0.717) is 24.2 Å². The molecule has 2 aliphatic heterocycles. The van der Waals surface area contributed by atoms with Gasteiger partial charge in [-0.25, -0.2) is 9.48 Å². The van der Waals surface area contributed by atoms with Crippen LogP contribution in [0.4, 0.5) is 18.0 Å². The number of nitrogens with zero attached hydrogens (tertiary/aromatic N) is 5. The van der Waals surface area contributed by atoms with Gasteiger partial charge in [0.05, 0.1) is 35.8 Å². The molecule has 0 saturated carbocycles. The van der Waals surface area contributed by atoms with Gasteiger partial charge in [0.15, 0.2) is 0 Å². The van der Waals surface area contributed by atoms with Crippen molar-refractivity contribution in [1.82, 2.24) is 24.8 Å². The molecule has 4 atom stereocenters. The Kier molecular flexibility index (Phi) is 8.75. The van der Waals surface area contributed by atoms with E-state index in [1.54, 1.807) is 51.7 Å². The highest BCUT2D eigenvalue weighted by Gasteiger charge is 2.35. The summed E-state index contributed by atoms with van der Waals surface area (Å²) in [5, 5.41) is 8.70. The van der Waals surface area contributed by atoms with Gasteiger partial charge >= 0.3 is 12.3 Å². The van der Waals surface area contributed by atoms with Gasteiger partial charge in [-0.1, -0.05) is 17.3 Å². The first-order valence-electron chi connectivity index (χ1n) is 14.8. The Bertz CT molecular complexity index is 1480. The van der Waals surface area contributed by atoms with Crippen molar-refractivity contribution in [2.45, 2.75) is 83.4 Å². The number of hydrogen-bond acceptors (Lipinski definition) is 6. The quantitative estimate of drug-likeness (QED) is 0.339. The van der Waals surface area contributed by atoms with Crippen LogP contribution >= 0.6 is 0 Å². The highest BCUT2D eigenvalue weighted by atomic mass is 19.4. The molecule has 4 unspecified atom stereocenters. The zero-order valence-electron chi connectivity index (χ0n) is 25.5. The maximum absolute atomic E-state index is 13.4. The number of amides is 2. The molecule has 2 amide bonds. The highest BCUT2D eigenvalue weighted by Crippen LogP contribution is 2.34. The number of halogens is 3. The van der Waals surface area contributed by atoms with Crippen molar-refractivity contribution in [3.63, 3.8) is 0 Å². The number of morpholine rings is 1. The summed E-state index contributed by atoms with van der Waals surface area (Å²) >= 11 is 0. The normalized spacial score (nSPS) is 23.0. The van der Waals surface area contributed by atoms with Crippen LogP contribution in [0.5, 0.6) is 0 Å². The topological polar surface area (TPSA) is 89.8 Å². The van der Waals surface area contributed by atoms with E-state index in [0.717, 1.165) is 36.4 Å². The number of alkyl halides is 3. The van der Waals surface area contributed by atoms with Crippen molar-refractivity contribution in [3.05, 3.63) is 77.1 Å². The van der Waals surface area contributed by atoms with Crippen LogP contribution in [0, 0.1) is 0 Å². The molecule has 1 aromatic heterocycles. The molecule has 2 aliphatic rings. The fraction of sp³-hybridized carbons (Fsp3) is 0.500. The minimum atomic E-state index is -4.46. The molecule has 2 fully saturated rings. The maximum Gasteiger partial charge on any atom is 0.416 e. The Morgan fingerprint density at radius 2 is 1.75 bits per heavy atom. The number of aromatic nitrogens is 3. The van der Waals surface area contributed by atoms with Gasteiger partial charge in [0.1, 0.15) is 11.7 Å². The van der Waals surface area contributed by atoms with Gasteiger partial charge in [-0.05, 0) is 89.4 Å². The lowest BCUT2D eigenvalue weighted by atomic mass is 9.89. The lowest BCUT2D eigenvalue weighted by Crippen LogP contribution is -2.46. The molecule has 3 heterocycles. The molecule has 2 aromatic carbocycles. The van der Waals surface area contributed by atoms with E-state index in [2.05, 4.69) is 10.3 Å². The Balaban J connectivity index is 1.22. The number of likely N-dealkylation sites (tertiary alicyclic amines) is 1. The molecule has 12 heteroatoms. The average Bonchev–Trinajstić information content (AvgIpc) is 3.46. The van der Waals surface area contributed by atoms with Gasteiger partial charge < -0.3 is 19.3 Å². The van der Waals surface area contributed by atoms with Crippen LogP contribution in [-0.2, 0) is 15.7 Å². The van der Waals surface area contributed by atoms with Gasteiger partial charge in [0, 0.05) is 30.6 Å². The fourth-order valence-corrected chi connectivity index (χ4v) is 5.78. The molecular formula is C32H38F3N5O4. The number of carbonyl (C=O) groups excluding carboxylic acids is 2. The van der Waals surface area contributed by atoms with Crippen molar-refractivity contribution in [3.8, 4) is 5.69 Å². The van der Waals surface area contributed by atoms with Crippen LogP contribution in [-0.4, -0.2) is 74.2 Å². The van der Waals surface area contributed by atoms with E-state index in [-0.39, 0.29) is 36.6 Å². The van der Waals surface area contributed by atoms with Gasteiger partial charge in [-0.3, -0.25) is 4.79 Å². The summed E-state index contributed by atoms with van der Waals surface area (Å²) in [7, 11) is 0. The monoisotopic (exact) mass is 613 g/mol. The third-order valence-corrected chi connectivity index (χ3v) is 7.95. The van der Waals surface area contributed by atoms with Crippen LogP contribution < -0.4 is 0 Å². The number of hydrogen-bond donors (Lipinski definition) is 0. The van der Waals surface area contributed by atoms with E-state index in [9.17, 15) is 22.8 Å². The first kappa shape index (κ1) is 31.5. The molecule has 0 radical (unpaired) electrons. The van der Waals surface area contributed by atoms with Crippen molar-refractivity contribution in [2.24, 2.45) is 0 Å². The second-order valence-corrected chi connectivity index (χ2v) is 12.6. The van der Waals surface area contributed by atoms with Crippen LogP contribution in [0.3, 0.4) is 0 Å². The first-order valence-corrected chi connectivity index (χ1v) is 14.8. The van der Waals surface area contributed by atoms with E-state index in [1.165, 1.54) is 6.07 Å². The Morgan fingerprint density at radius 3 is 2.41 bits per heavy atom. The van der Waals surface area contributed by atoms with Gasteiger partial charge in [0.25, 0.3) is 5.91 Å². The lowest BCUT2D eigenvalue weighted by Gasteiger charge is -2.37. The van der Waals surface area contributed by atoms with Crippen molar-refractivity contribution >= 4 is 12.0 Å². The summed E-state index contributed by atoms with van der Waals surface area (Å²) < 4.78 is 52.9. The Labute approximate surface area is 254 Å². The molecular weight excluding hydrogens is 575 g/mol. The first-order chi connectivity index (χ1) is 20.7. The molecule has 44 heavy (non-hydrogen) atoms. The molecule has 0 spiro atoms. The predicted octanol–water partition coefficient (Wildman–Crippen LogP) is 6.39. The van der Waals surface area contributed by atoms with Crippen molar-refractivity contribution in [2.75, 3.05) is 19.6 Å². The predicted molar refractivity (Wildman–Crippen MR) is 156 cm³/mol.